The third-order valence-electron chi connectivity index (χ3n) is 4.85. The second-order valence-corrected chi connectivity index (χ2v) is 6.73. The number of ether oxygens (including phenoxy) is 1. The van der Waals surface area contributed by atoms with E-state index in [1.165, 1.54) is 44.1 Å². The predicted octanol–water partition coefficient (Wildman–Crippen LogP) is 5.10. The van der Waals surface area contributed by atoms with Crippen LogP contribution in [0.5, 0.6) is 0 Å². The fraction of sp³-hybridized carbons (Fsp3) is 0.647. The maximum Gasteiger partial charge on any atom is 0.0685 e. The second-order valence-electron chi connectivity index (χ2n) is 6.20. The highest BCUT2D eigenvalue weighted by molar-refractivity contribution is 6.20. The fourth-order valence-corrected chi connectivity index (χ4v) is 3.78. The van der Waals surface area contributed by atoms with E-state index < -0.39 is 0 Å². The standard InChI is InChI=1S/C17H23ClO/c18-16(15-5-2-1-3-6-15)8-7-14-9-12-19-17(13-14)10-4-11-17/h1-3,5-6,14,16H,4,7-13H2. The third-order valence-corrected chi connectivity index (χ3v) is 5.32. The first kappa shape index (κ1) is 13.5. The van der Waals surface area contributed by atoms with Crippen molar-refractivity contribution in [1.29, 1.82) is 0 Å². The summed E-state index contributed by atoms with van der Waals surface area (Å²) in [5.41, 5.74) is 1.53. The van der Waals surface area contributed by atoms with Crippen molar-refractivity contribution in [2.75, 3.05) is 6.61 Å². The molecule has 1 aromatic carbocycles. The third kappa shape index (κ3) is 3.14. The van der Waals surface area contributed by atoms with Crippen LogP contribution in [0, 0.1) is 5.92 Å². The maximum absolute atomic E-state index is 6.51. The molecule has 104 valence electrons. The van der Waals surface area contributed by atoms with E-state index >= 15 is 0 Å². The van der Waals surface area contributed by atoms with Gasteiger partial charge in [0.2, 0.25) is 0 Å². The Balaban J connectivity index is 1.49. The van der Waals surface area contributed by atoms with E-state index in [4.69, 9.17) is 16.3 Å². The van der Waals surface area contributed by atoms with E-state index in [1.807, 2.05) is 6.07 Å². The predicted molar refractivity (Wildman–Crippen MR) is 79.5 cm³/mol. The number of hydrogen-bond donors (Lipinski definition) is 0. The highest BCUT2D eigenvalue weighted by atomic mass is 35.5. The van der Waals surface area contributed by atoms with Crippen molar-refractivity contribution in [3.05, 3.63) is 35.9 Å². The number of alkyl halides is 1. The molecule has 0 radical (unpaired) electrons. The van der Waals surface area contributed by atoms with Crippen molar-refractivity contribution in [3.8, 4) is 0 Å². The second kappa shape index (κ2) is 5.85. The van der Waals surface area contributed by atoms with Gasteiger partial charge in [0.25, 0.3) is 0 Å². The number of hydrogen-bond acceptors (Lipinski definition) is 1. The average molecular weight is 279 g/mol. The van der Waals surface area contributed by atoms with E-state index in [0.29, 0.717) is 0 Å². The summed E-state index contributed by atoms with van der Waals surface area (Å²) in [5, 5.41) is 0.168. The fourth-order valence-electron chi connectivity index (χ4n) is 3.51. The van der Waals surface area contributed by atoms with Crippen LogP contribution in [0.2, 0.25) is 0 Å². The smallest absolute Gasteiger partial charge is 0.0685 e. The van der Waals surface area contributed by atoms with Gasteiger partial charge in [0.15, 0.2) is 0 Å². The molecule has 0 bridgehead atoms. The zero-order chi connectivity index (χ0) is 13.1. The molecular weight excluding hydrogens is 256 g/mol. The Morgan fingerprint density at radius 1 is 1.26 bits per heavy atom. The first-order valence-electron chi connectivity index (χ1n) is 7.60. The van der Waals surface area contributed by atoms with Crippen LogP contribution in [-0.2, 0) is 4.74 Å². The van der Waals surface area contributed by atoms with Gasteiger partial charge in [-0.1, -0.05) is 30.3 Å². The summed E-state index contributed by atoms with van der Waals surface area (Å²) in [7, 11) is 0. The van der Waals surface area contributed by atoms with E-state index in [2.05, 4.69) is 24.3 Å². The van der Waals surface area contributed by atoms with Gasteiger partial charge < -0.3 is 4.74 Å². The molecule has 2 atom stereocenters. The van der Waals surface area contributed by atoms with E-state index in [9.17, 15) is 0 Å². The molecule has 2 heteroatoms. The van der Waals surface area contributed by atoms with Crippen molar-refractivity contribution in [2.24, 2.45) is 5.92 Å². The van der Waals surface area contributed by atoms with E-state index in [0.717, 1.165) is 18.9 Å². The molecule has 0 amide bonds. The highest BCUT2D eigenvalue weighted by Crippen LogP contribution is 2.45. The van der Waals surface area contributed by atoms with Gasteiger partial charge in [-0.05, 0) is 56.4 Å². The lowest BCUT2D eigenvalue weighted by Crippen LogP contribution is -2.45. The summed E-state index contributed by atoms with van der Waals surface area (Å²) in [6.45, 7) is 0.961. The minimum atomic E-state index is 0.168. The van der Waals surface area contributed by atoms with E-state index in [1.54, 1.807) is 0 Å². The van der Waals surface area contributed by atoms with Crippen LogP contribution in [-0.4, -0.2) is 12.2 Å². The Bertz CT molecular complexity index is 399. The normalized spacial score (nSPS) is 26.9. The molecule has 3 rings (SSSR count). The molecule has 0 N–H and O–H groups in total. The monoisotopic (exact) mass is 278 g/mol. The Morgan fingerprint density at radius 2 is 2.05 bits per heavy atom. The maximum atomic E-state index is 6.51. The highest BCUT2D eigenvalue weighted by Gasteiger charge is 2.42. The van der Waals surface area contributed by atoms with Crippen molar-refractivity contribution in [1.82, 2.24) is 0 Å². The molecule has 2 unspecified atom stereocenters. The molecule has 1 saturated carbocycles. The topological polar surface area (TPSA) is 9.23 Å². The average Bonchev–Trinajstić information content (AvgIpc) is 2.44. The SMILES string of the molecule is ClC(CCC1CCOC2(CCC2)C1)c1ccccc1. The van der Waals surface area contributed by atoms with Crippen LogP contribution in [0.25, 0.3) is 0 Å². The van der Waals surface area contributed by atoms with Crippen LogP contribution in [0.15, 0.2) is 30.3 Å². The molecule has 1 aliphatic heterocycles. The lowest BCUT2D eigenvalue weighted by atomic mass is 9.71. The lowest BCUT2D eigenvalue weighted by molar-refractivity contribution is -0.144. The Hall–Kier alpha value is -0.530. The largest absolute Gasteiger partial charge is 0.375 e. The molecule has 19 heavy (non-hydrogen) atoms. The minimum Gasteiger partial charge on any atom is -0.375 e. The van der Waals surface area contributed by atoms with Crippen molar-refractivity contribution >= 4 is 11.6 Å². The Morgan fingerprint density at radius 3 is 2.74 bits per heavy atom. The van der Waals surface area contributed by atoms with Gasteiger partial charge in [0.05, 0.1) is 11.0 Å². The van der Waals surface area contributed by atoms with Crippen LogP contribution in [0.4, 0.5) is 0 Å². The van der Waals surface area contributed by atoms with Gasteiger partial charge in [0, 0.05) is 6.61 Å². The molecule has 1 heterocycles. The van der Waals surface area contributed by atoms with E-state index in [-0.39, 0.29) is 11.0 Å². The molecular formula is C17H23ClO. The Labute approximate surface area is 121 Å². The number of halogens is 1. The van der Waals surface area contributed by atoms with Gasteiger partial charge in [-0.15, -0.1) is 11.6 Å². The van der Waals surface area contributed by atoms with Crippen LogP contribution < -0.4 is 0 Å². The molecule has 2 fully saturated rings. The van der Waals surface area contributed by atoms with Gasteiger partial charge in [-0.25, -0.2) is 0 Å². The molecule has 1 aromatic rings. The summed E-state index contributed by atoms with van der Waals surface area (Å²) >= 11 is 6.51. The summed E-state index contributed by atoms with van der Waals surface area (Å²) in [6.07, 6.45) is 8.75. The van der Waals surface area contributed by atoms with Crippen LogP contribution >= 0.6 is 11.6 Å². The van der Waals surface area contributed by atoms with Crippen LogP contribution in [0.1, 0.15) is 55.9 Å². The Kier molecular flexibility index (Phi) is 4.14. The minimum absolute atomic E-state index is 0.168. The van der Waals surface area contributed by atoms with Gasteiger partial charge >= 0.3 is 0 Å². The van der Waals surface area contributed by atoms with Gasteiger partial charge in [0.1, 0.15) is 0 Å². The summed E-state index contributed by atoms with van der Waals surface area (Å²) in [5.74, 6) is 0.819. The van der Waals surface area contributed by atoms with Gasteiger partial charge in [-0.2, -0.15) is 0 Å². The van der Waals surface area contributed by atoms with Crippen molar-refractivity contribution < 1.29 is 4.74 Å². The van der Waals surface area contributed by atoms with Crippen LogP contribution in [0.3, 0.4) is 0 Å². The zero-order valence-corrected chi connectivity index (χ0v) is 12.2. The number of rotatable bonds is 4. The number of benzene rings is 1. The zero-order valence-electron chi connectivity index (χ0n) is 11.5. The van der Waals surface area contributed by atoms with Gasteiger partial charge in [-0.3, -0.25) is 0 Å². The summed E-state index contributed by atoms with van der Waals surface area (Å²) < 4.78 is 5.99. The molecule has 1 spiro atoms. The molecule has 0 aromatic heterocycles. The lowest BCUT2D eigenvalue weighted by Gasteiger charge is -2.47. The first-order valence-corrected chi connectivity index (χ1v) is 8.04. The molecule has 1 saturated heterocycles. The first-order chi connectivity index (χ1) is 9.27. The molecule has 1 aliphatic carbocycles. The molecule has 2 aliphatic rings. The van der Waals surface area contributed by atoms with Crippen molar-refractivity contribution in [3.63, 3.8) is 0 Å². The molecule has 1 nitrogen and oxygen atoms in total. The summed E-state index contributed by atoms with van der Waals surface area (Å²) in [6, 6.07) is 10.5. The summed E-state index contributed by atoms with van der Waals surface area (Å²) in [4.78, 5) is 0. The van der Waals surface area contributed by atoms with Crippen molar-refractivity contribution in [2.45, 2.75) is 55.9 Å². The quantitative estimate of drug-likeness (QED) is 0.697.